The van der Waals surface area contributed by atoms with Crippen LogP contribution in [0.1, 0.15) is 5.56 Å². The molecular formula is C79H57BN3P. The molecule has 0 heterocycles. The van der Waals surface area contributed by atoms with Crippen LogP contribution >= 0.6 is 9.03 Å². The van der Waals surface area contributed by atoms with Gasteiger partial charge >= 0.3 is 0 Å². The van der Waals surface area contributed by atoms with Crippen molar-refractivity contribution in [3.63, 3.8) is 0 Å². The van der Waals surface area contributed by atoms with Crippen LogP contribution in [0.2, 0.25) is 0 Å². The Kier molecular flexibility index (Phi) is 15.1. The first-order valence-electron chi connectivity index (χ1n) is 28.4. The Hall–Kier alpha value is -10.4. The zero-order chi connectivity index (χ0) is 56.8. The van der Waals surface area contributed by atoms with Gasteiger partial charge in [-0.2, -0.15) is 0 Å². The molecule has 0 spiro atoms. The monoisotopic (exact) mass is 1090 g/mol. The van der Waals surface area contributed by atoms with E-state index >= 15 is 0 Å². The lowest BCUT2D eigenvalue weighted by Gasteiger charge is -2.27. The highest BCUT2D eigenvalue weighted by Gasteiger charge is 2.20. The number of aryl methyl sites for hydroxylation is 1. The lowest BCUT2D eigenvalue weighted by molar-refractivity contribution is 1.29. The summed E-state index contributed by atoms with van der Waals surface area (Å²) in [7, 11) is 6.97. The molecule has 0 aromatic heterocycles. The largest absolute Gasteiger partial charge is 0.344 e. The molecule has 15 rings (SSSR count). The minimum absolute atomic E-state index is 1.12. The first-order valence-corrected chi connectivity index (χ1v) is 28.8. The van der Waals surface area contributed by atoms with Crippen LogP contribution in [0, 0.1) is 6.92 Å². The molecule has 0 saturated heterocycles. The van der Waals surface area contributed by atoms with Crippen molar-refractivity contribution in [1.82, 2.24) is 0 Å². The van der Waals surface area contributed by atoms with Gasteiger partial charge in [0.05, 0.1) is 11.4 Å². The highest BCUT2D eigenvalue weighted by Crippen LogP contribution is 2.46. The molecule has 3 nitrogen and oxygen atoms in total. The van der Waals surface area contributed by atoms with Gasteiger partial charge < -0.3 is 14.5 Å². The Labute approximate surface area is 494 Å². The van der Waals surface area contributed by atoms with Crippen molar-refractivity contribution in [3.05, 3.63) is 327 Å². The summed E-state index contributed by atoms with van der Waals surface area (Å²) in [4.78, 5) is 4.69. The number of benzene rings is 15. The molecule has 0 aliphatic carbocycles. The van der Waals surface area contributed by atoms with E-state index in [-0.39, 0.29) is 0 Å². The number of anilines is 6. The molecule has 0 fully saturated rings. The van der Waals surface area contributed by atoms with Crippen molar-refractivity contribution in [2.45, 2.75) is 6.92 Å². The van der Waals surface area contributed by atoms with Crippen molar-refractivity contribution in [2.24, 2.45) is 4.66 Å². The highest BCUT2D eigenvalue weighted by atomic mass is 31.0. The second kappa shape index (κ2) is 24.0. The van der Waals surface area contributed by atoms with Crippen molar-refractivity contribution < 1.29 is 0 Å². The highest BCUT2D eigenvalue weighted by molar-refractivity contribution is 7.05. The molecule has 396 valence electrons. The second-order valence-corrected chi connectivity index (χ2v) is 21.3. The Morgan fingerprint density at radius 1 is 0.262 bits per heavy atom. The summed E-state index contributed by atoms with van der Waals surface area (Å²) in [6.07, 6.45) is 0. The summed E-state index contributed by atoms with van der Waals surface area (Å²) in [5.41, 5.74) is 15.6. The van der Waals surface area contributed by atoms with Crippen LogP contribution in [0.4, 0.5) is 34.1 Å². The molecule has 0 aliphatic rings. The van der Waals surface area contributed by atoms with Crippen LogP contribution in [0.25, 0.3) is 98.0 Å². The SMILES string of the molecule is Cc1ccc2c(-c3ccc4ccccc4c3)c3ccccc3c(-c3ccc4ccccc4c3)c2c1.[B]N=P.c1ccc(N(c2ccc(-c3ccc(N(c4ccccc4)c4cccc5ccccc45)cc3)cc2)c2cccc3ccccc23)cc1. The summed E-state index contributed by atoms with van der Waals surface area (Å²) in [6.45, 7) is 2.19. The molecule has 0 saturated carbocycles. The van der Waals surface area contributed by atoms with Crippen LogP contribution in [-0.4, -0.2) is 7.98 Å². The van der Waals surface area contributed by atoms with Gasteiger partial charge in [0.1, 0.15) is 0 Å². The number of hydrogen-bond donors (Lipinski definition) is 0. The maximum Gasteiger partial charge on any atom is 0.265 e. The molecule has 2 radical (unpaired) electrons. The minimum Gasteiger partial charge on any atom is -0.344 e. The zero-order valence-corrected chi connectivity index (χ0v) is 47.5. The van der Waals surface area contributed by atoms with Crippen LogP contribution in [0.5, 0.6) is 0 Å². The molecule has 15 aromatic rings. The fourth-order valence-corrected chi connectivity index (χ4v) is 12.0. The predicted molar refractivity (Wildman–Crippen MR) is 365 cm³/mol. The third kappa shape index (κ3) is 10.6. The van der Waals surface area contributed by atoms with E-state index in [0.29, 0.717) is 0 Å². The third-order valence-corrected chi connectivity index (χ3v) is 15.9. The van der Waals surface area contributed by atoms with Gasteiger partial charge in [-0.15, -0.1) is 0 Å². The van der Waals surface area contributed by atoms with Gasteiger partial charge in [0.2, 0.25) is 0 Å². The zero-order valence-electron chi connectivity index (χ0n) is 46.5. The summed E-state index contributed by atoms with van der Waals surface area (Å²) in [6, 6.07) is 116. The quantitative estimate of drug-likeness (QED) is 0.0815. The van der Waals surface area contributed by atoms with Crippen molar-refractivity contribution in [2.75, 3.05) is 9.80 Å². The average molecular weight is 1090 g/mol. The molecule has 0 atom stereocenters. The van der Waals surface area contributed by atoms with Crippen molar-refractivity contribution >= 4 is 116 Å². The van der Waals surface area contributed by atoms with Crippen LogP contribution in [-0.2, 0) is 0 Å². The normalized spacial score (nSPS) is 11.0. The van der Waals surface area contributed by atoms with Crippen LogP contribution < -0.4 is 9.80 Å². The average Bonchev–Trinajstić information content (AvgIpc) is 3.73. The van der Waals surface area contributed by atoms with E-state index in [0.717, 1.165) is 34.1 Å². The number of rotatable bonds is 9. The van der Waals surface area contributed by atoms with Gasteiger partial charge in [0, 0.05) is 33.5 Å². The van der Waals surface area contributed by atoms with Gasteiger partial charge in [0.15, 0.2) is 0 Å². The maximum absolute atomic E-state index is 4.39. The predicted octanol–water partition coefficient (Wildman–Crippen LogP) is 22.9. The van der Waals surface area contributed by atoms with E-state index in [2.05, 4.69) is 360 Å². The molecular weight excluding hydrogens is 1030 g/mol. The lowest BCUT2D eigenvalue weighted by Crippen LogP contribution is -2.10. The molecule has 0 unspecified atom stereocenters. The first-order chi connectivity index (χ1) is 41.5. The Morgan fingerprint density at radius 2 is 0.583 bits per heavy atom. The second-order valence-electron chi connectivity index (χ2n) is 21.0. The van der Waals surface area contributed by atoms with Crippen molar-refractivity contribution in [1.29, 1.82) is 0 Å². The fraction of sp³-hybridized carbons (Fsp3) is 0.0127. The summed E-state index contributed by atoms with van der Waals surface area (Å²) in [5, 5.41) is 15.2. The number of para-hydroxylation sites is 2. The molecule has 0 N–H and O–H groups in total. The van der Waals surface area contributed by atoms with Gasteiger partial charge in [-0.05, 0) is 176 Å². The van der Waals surface area contributed by atoms with Gasteiger partial charge in [-0.3, -0.25) is 0 Å². The molecule has 5 heteroatoms. The Morgan fingerprint density at radius 3 is 1.02 bits per heavy atom. The maximum atomic E-state index is 4.39. The first kappa shape index (κ1) is 53.0. The van der Waals surface area contributed by atoms with Gasteiger partial charge in [0.25, 0.3) is 7.98 Å². The third-order valence-electron chi connectivity index (χ3n) is 15.9. The summed E-state index contributed by atoms with van der Waals surface area (Å²) in [5.74, 6) is 0. The van der Waals surface area contributed by atoms with E-state index in [1.165, 1.54) is 104 Å². The lowest BCUT2D eigenvalue weighted by atomic mass is 9.84. The topological polar surface area (TPSA) is 18.8 Å². The standard InChI is InChI=1S/C44H32N2.C35H24.BHNP/c1-3-17-37(18-4-1)45(43-23-11-15-35-13-7-9-21-41(35)43)39-29-25-33(26-30-39)34-27-31-40(32-28-34)46(38-19-5-2-6-20-38)44-24-12-16-36-14-8-10-22-42(36)44;1-23-14-19-32-33(20-23)35(29-18-16-25-9-3-5-11-27(25)22-29)31-13-7-6-12-30(31)34(32)28-17-15-24-8-2-4-10-26(24)21-28;1-2-3/h1-32H;2-22H,1H3;3H. The van der Waals surface area contributed by atoms with Crippen LogP contribution in [0.15, 0.2) is 326 Å². The Bertz CT molecular complexity index is 4660. The number of nitrogens with zero attached hydrogens (tertiary/aromatic N) is 3. The molecule has 84 heavy (non-hydrogen) atoms. The smallest absolute Gasteiger partial charge is 0.265 e. The van der Waals surface area contributed by atoms with E-state index < -0.39 is 0 Å². The number of fused-ring (bicyclic) bond motifs is 6. The minimum atomic E-state index is 1.12. The number of hydrogen-bond acceptors (Lipinski definition) is 3. The van der Waals surface area contributed by atoms with Gasteiger partial charge in [-0.25, -0.2) is 0 Å². The molecule has 0 amide bonds. The van der Waals surface area contributed by atoms with Crippen molar-refractivity contribution in [3.8, 4) is 33.4 Å². The Balaban J connectivity index is 0.000000155. The molecule has 15 aromatic carbocycles. The van der Waals surface area contributed by atoms with E-state index in [1.54, 1.807) is 0 Å². The summed E-state index contributed by atoms with van der Waals surface area (Å²) >= 11 is 0. The van der Waals surface area contributed by atoms with Gasteiger partial charge in [-0.1, -0.05) is 254 Å². The van der Waals surface area contributed by atoms with E-state index in [1.807, 2.05) is 0 Å². The van der Waals surface area contributed by atoms with Crippen LogP contribution in [0.3, 0.4) is 0 Å². The molecule has 0 bridgehead atoms. The molecule has 0 aliphatic heterocycles. The fourth-order valence-electron chi connectivity index (χ4n) is 12.0. The van der Waals surface area contributed by atoms with E-state index in [4.69, 9.17) is 0 Å². The summed E-state index contributed by atoms with van der Waals surface area (Å²) < 4.78 is 2.81. The van der Waals surface area contributed by atoms with E-state index in [9.17, 15) is 0 Å².